The lowest BCUT2D eigenvalue weighted by atomic mass is 9.83. The number of carbonyl (C=O) groups excluding carboxylic acids is 1. The van der Waals surface area contributed by atoms with Crippen molar-refractivity contribution in [2.24, 2.45) is 5.92 Å². The number of fused-ring (bicyclic) bond motifs is 4. The summed E-state index contributed by atoms with van der Waals surface area (Å²) in [6.07, 6.45) is 2.17. The summed E-state index contributed by atoms with van der Waals surface area (Å²) >= 11 is 0. The minimum absolute atomic E-state index is 0.0136. The molecule has 0 saturated carbocycles. The Bertz CT molecular complexity index is 940. The normalized spacial score (nSPS) is 20.3. The van der Waals surface area contributed by atoms with Gasteiger partial charge in [0.25, 0.3) is 5.56 Å². The summed E-state index contributed by atoms with van der Waals surface area (Å²) < 4.78 is 1.95. The van der Waals surface area contributed by atoms with Gasteiger partial charge in [-0.15, -0.1) is 0 Å². The highest BCUT2D eigenvalue weighted by atomic mass is 16.3. The molecule has 30 heavy (non-hydrogen) atoms. The van der Waals surface area contributed by atoms with Gasteiger partial charge >= 0.3 is 0 Å². The molecule has 2 aliphatic heterocycles. The van der Waals surface area contributed by atoms with Crippen LogP contribution in [0.25, 0.3) is 0 Å². The average molecular weight is 410 g/mol. The van der Waals surface area contributed by atoms with Crippen molar-refractivity contribution >= 4 is 5.91 Å². The number of nitrogens with zero attached hydrogens (tertiary/aromatic N) is 3. The van der Waals surface area contributed by atoms with Crippen LogP contribution < -0.4 is 5.56 Å². The second-order valence-electron chi connectivity index (χ2n) is 8.74. The van der Waals surface area contributed by atoms with Crippen LogP contribution in [0, 0.1) is 5.92 Å². The zero-order valence-corrected chi connectivity index (χ0v) is 17.7. The molecule has 6 nitrogen and oxygen atoms in total. The molecule has 160 valence electrons. The summed E-state index contributed by atoms with van der Waals surface area (Å²) in [7, 11) is 2.06. The number of hydrogen-bond donors (Lipinski definition) is 1. The fourth-order valence-electron chi connectivity index (χ4n) is 4.90. The Morgan fingerprint density at radius 2 is 1.93 bits per heavy atom. The predicted octanol–water partition coefficient (Wildman–Crippen LogP) is 1.85. The van der Waals surface area contributed by atoms with Crippen molar-refractivity contribution in [3.63, 3.8) is 0 Å². The molecule has 0 radical (unpaired) electrons. The number of likely N-dealkylation sites (N-methyl/N-ethyl adjacent to an activating group) is 1. The molecule has 2 bridgehead atoms. The predicted molar refractivity (Wildman–Crippen MR) is 116 cm³/mol. The van der Waals surface area contributed by atoms with Crippen LogP contribution in [0.15, 0.2) is 47.3 Å². The third-order valence-electron chi connectivity index (χ3n) is 6.43. The molecule has 4 rings (SSSR count). The van der Waals surface area contributed by atoms with E-state index in [0.29, 0.717) is 32.1 Å². The van der Waals surface area contributed by atoms with Gasteiger partial charge in [0.05, 0.1) is 6.61 Å². The Labute approximate surface area is 177 Å². The maximum absolute atomic E-state index is 13.2. The van der Waals surface area contributed by atoms with Gasteiger partial charge < -0.3 is 19.5 Å². The largest absolute Gasteiger partial charge is 0.396 e. The SMILES string of the molecule is CN(CCc1ccccc1)Cc1ccc2n(c1=O)C[C@H]1C[C@@H]2CN(C(=O)CCO)C1. The lowest BCUT2D eigenvalue weighted by molar-refractivity contribution is -0.134. The van der Waals surface area contributed by atoms with Gasteiger partial charge in [0.2, 0.25) is 5.91 Å². The zero-order chi connectivity index (χ0) is 21.1. The third-order valence-corrected chi connectivity index (χ3v) is 6.43. The molecule has 1 fully saturated rings. The van der Waals surface area contributed by atoms with E-state index in [2.05, 4.69) is 42.3 Å². The number of amides is 1. The topological polar surface area (TPSA) is 65.8 Å². The van der Waals surface area contributed by atoms with E-state index in [4.69, 9.17) is 5.11 Å². The van der Waals surface area contributed by atoms with Crippen molar-refractivity contribution in [3.8, 4) is 0 Å². The van der Waals surface area contributed by atoms with E-state index in [9.17, 15) is 9.59 Å². The van der Waals surface area contributed by atoms with E-state index >= 15 is 0 Å². The van der Waals surface area contributed by atoms with Crippen LogP contribution in [0.5, 0.6) is 0 Å². The van der Waals surface area contributed by atoms with Crippen LogP contribution in [-0.2, 0) is 24.3 Å². The number of pyridine rings is 1. The average Bonchev–Trinajstić information content (AvgIpc) is 2.75. The van der Waals surface area contributed by atoms with Crippen molar-refractivity contribution in [3.05, 3.63) is 69.6 Å². The minimum atomic E-state index is -0.109. The quantitative estimate of drug-likeness (QED) is 0.758. The number of carbonyl (C=O) groups is 1. The first-order chi connectivity index (χ1) is 14.5. The van der Waals surface area contributed by atoms with Gasteiger partial charge in [-0.3, -0.25) is 9.59 Å². The van der Waals surface area contributed by atoms with E-state index in [1.54, 1.807) is 0 Å². The molecule has 2 atom stereocenters. The van der Waals surface area contributed by atoms with Gasteiger partial charge in [-0.05, 0) is 37.4 Å². The lowest BCUT2D eigenvalue weighted by Gasteiger charge is -2.43. The summed E-state index contributed by atoms with van der Waals surface area (Å²) in [4.78, 5) is 29.5. The highest BCUT2D eigenvalue weighted by molar-refractivity contribution is 5.76. The first-order valence-corrected chi connectivity index (χ1v) is 10.9. The summed E-state index contributed by atoms with van der Waals surface area (Å²) in [6, 6.07) is 14.5. The zero-order valence-electron chi connectivity index (χ0n) is 17.7. The number of rotatable bonds is 7. The number of piperidine rings is 1. The Kier molecular flexibility index (Phi) is 6.35. The number of hydrogen-bond acceptors (Lipinski definition) is 4. The third kappa shape index (κ3) is 4.50. The van der Waals surface area contributed by atoms with Crippen molar-refractivity contribution in [2.75, 3.05) is 33.3 Å². The number of aliphatic hydroxyl groups excluding tert-OH is 1. The summed E-state index contributed by atoms with van der Waals surface area (Å²) in [6.45, 7) is 3.44. The molecular weight excluding hydrogens is 378 g/mol. The molecule has 0 aliphatic carbocycles. The standard InChI is InChI=1S/C24H31N3O3/c1-25(11-9-18-5-3-2-4-6-18)16-20-7-8-22-21-13-19(15-27(22)24(20)30)14-26(17-21)23(29)10-12-28/h2-8,19,21,28H,9-17H2,1H3/t19-,21+/m0/s1. The summed E-state index contributed by atoms with van der Waals surface area (Å²) in [5, 5.41) is 9.07. The van der Waals surface area contributed by atoms with Gasteiger partial charge in [0.15, 0.2) is 0 Å². The number of likely N-dealkylation sites (tertiary alicyclic amines) is 1. The Balaban J connectivity index is 1.44. The van der Waals surface area contributed by atoms with Gasteiger partial charge in [-0.1, -0.05) is 36.4 Å². The van der Waals surface area contributed by atoms with Crippen molar-refractivity contribution in [1.29, 1.82) is 0 Å². The molecule has 1 aromatic carbocycles. The van der Waals surface area contributed by atoms with Crippen molar-refractivity contribution in [1.82, 2.24) is 14.4 Å². The molecule has 2 aromatic rings. The summed E-state index contributed by atoms with van der Waals surface area (Å²) in [5.41, 5.74) is 3.31. The molecule has 0 spiro atoms. The molecule has 1 saturated heterocycles. The van der Waals surface area contributed by atoms with E-state index in [1.807, 2.05) is 21.6 Å². The van der Waals surface area contributed by atoms with Gasteiger partial charge in [-0.25, -0.2) is 0 Å². The van der Waals surface area contributed by atoms with Crippen molar-refractivity contribution in [2.45, 2.75) is 38.3 Å². The molecule has 0 unspecified atom stereocenters. The van der Waals surface area contributed by atoms with E-state index in [1.165, 1.54) is 5.56 Å². The first kappa shape index (κ1) is 20.8. The van der Waals surface area contributed by atoms with E-state index in [-0.39, 0.29) is 30.4 Å². The number of aromatic nitrogens is 1. The Morgan fingerprint density at radius 1 is 1.13 bits per heavy atom. The fourth-order valence-corrected chi connectivity index (χ4v) is 4.90. The lowest BCUT2D eigenvalue weighted by Crippen LogP contribution is -2.49. The first-order valence-electron chi connectivity index (χ1n) is 10.9. The molecule has 1 N–H and O–H groups in total. The minimum Gasteiger partial charge on any atom is -0.396 e. The van der Waals surface area contributed by atoms with Crippen LogP contribution >= 0.6 is 0 Å². The van der Waals surface area contributed by atoms with E-state index in [0.717, 1.165) is 30.6 Å². The van der Waals surface area contributed by atoms with Crippen LogP contribution in [0.4, 0.5) is 0 Å². The molecule has 6 heteroatoms. The second kappa shape index (κ2) is 9.14. The van der Waals surface area contributed by atoms with Crippen LogP contribution in [-0.4, -0.2) is 58.7 Å². The monoisotopic (exact) mass is 409 g/mol. The van der Waals surface area contributed by atoms with Crippen LogP contribution in [0.1, 0.15) is 35.6 Å². The maximum Gasteiger partial charge on any atom is 0.255 e. The Morgan fingerprint density at radius 3 is 2.70 bits per heavy atom. The molecule has 3 heterocycles. The highest BCUT2D eigenvalue weighted by Gasteiger charge is 2.36. The van der Waals surface area contributed by atoms with Crippen LogP contribution in [0.3, 0.4) is 0 Å². The molecule has 2 aliphatic rings. The smallest absolute Gasteiger partial charge is 0.255 e. The van der Waals surface area contributed by atoms with Gasteiger partial charge in [0, 0.05) is 56.3 Å². The number of benzene rings is 1. The maximum atomic E-state index is 13.2. The fraction of sp³-hybridized carbons (Fsp3) is 0.500. The highest BCUT2D eigenvalue weighted by Crippen LogP contribution is 2.35. The van der Waals surface area contributed by atoms with E-state index < -0.39 is 0 Å². The molecule has 1 aromatic heterocycles. The molecule has 1 amide bonds. The van der Waals surface area contributed by atoms with Gasteiger partial charge in [0.1, 0.15) is 0 Å². The second-order valence-corrected chi connectivity index (χ2v) is 8.74. The Hall–Kier alpha value is -2.44. The molecular formula is C24H31N3O3. The number of aliphatic hydroxyl groups is 1. The van der Waals surface area contributed by atoms with Crippen LogP contribution in [0.2, 0.25) is 0 Å². The van der Waals surface area contributed by atoms with Crippen molar-refractivity contribution < 1.29 is 9.90 Å². The summed E-state index contributed by atoms with van der Waals surface area (Å²) in [5.74, 6) is 0.528. The van der Waals surface area contributed by atoms with Gasteiger partial charge in [-0.2, -0.15) is 0 Å².